The Balaban J connectivity index is 1.89. The highest BCUT2D eigenvalue weighted by atomic mass is 16.4. The van der Waals surface area contributed by atoms with Gasteiger partial charge in [0.05, 0.1) is 18.7 Å². The minimum Gasteiger partial charge on any atom is -0.481 e. The number of aromatic nitrogens is 2. The van der Waals surface area contributed by atoms with Gasteiger partial charge in [-0.3, -0.25) is 9.48 Å². The van der Waals surface area contributed by atoms with Gasteiger partial charge >= 0.3 is 5.97 Å². The lowest BCUT2D eigenvalue weighted by molar-refractivity contribution is -0.137. The van der Waals surface area contributed by atoms with Crippen molar-refractivity contribution in [2.45, 2.75) is 65.3 Å². The number of carbonyl (C=O) groups is 1. The van der Waals surface area contributed by atoms with Gasteiger partial charge < -0.3 is 5.11 Å². The zero-order valence-electron chi connectivity index (χ0n) is 14.6. The highest BCUT2D eigenvalue weighted by Crippen LogP contribution is 2.26. The summed E-state index contributed by atoms with van der Waals surface area (Å²) in [5.41, 5.74) is 7.94. The number of carboxylic acids is 1. The number of hydrogen-bond acceptors (Lipinski definition) is 2. The topological polar surface area (TPSA) is 55.1 Å². The van der Waals surface area contributed by atoms with Crippen molar-refractivity contribution < 1.29 is 9.90 Å². The lowest BCUT2D eigenvalue weighted by Gasteiger charge is -2.09. The third-order valence-electron chi connectivity index (χ3n) is 5.00. The quantitative estimate of drug-likeness (QED) is 0.846. The van der Waals surface area contributed by atoms with Crippen LogP contribution in [0, 0.1) is 0 Å². The largest absolute Gasteiger partial charge is 0.481 e. The molecule has 4 nitrogen and oxygen atoms in total. The monoisotopic (exact) mass is 326 g/mol. The molecule has 3 rings (SSSR count). The van der Waals surface area contributed by atoms with Crippen LogP contribution in [0.2, 0.25) is 0 Å². The SMILES string of the molecule is CCc1nn(CCC(=O)O)c(CC)c1Cc1ccc2c(c1)CCC2. The summed E-state index contributed by atoms with van der Waals surface area (Å²) in [5.74, 6) is -0.772. The second-order valence-corrected chi connectivity index (χ2v) is 6.58. The number of benzene rings is 1. The van der Waals surface area contributed by atoms with Crippen LogP contribution < -0.4 is 0 Å². The molecule has 0 unspecified atom stereocenters. The van der Waals surface area contributed by atoms with Gasteiger partial charge in [-0.25, -0.2) is 0 Å². The molecule has 0 spiro atoms. The Morgan fingerprint density at radius 2 is 2.00 bits per heavy atom. The fraction of sp³-hybridized carbons (Fsp3) is 0.500. The molecule has 0 fully saturated rings. The van der Waals surface area contributed by atoms with Crippen LogP contribution in [0.5, 0.6) is 0 Å². The molecule has 2 aromatic rings. The van der Waals surface area contributed by atoms with Gasteiger partial charge in [-0.1, -0.05) is 32.0 Å². The second kappa shape index (κ2) is 7.20. The van der Waals surface area contributed by atoms with Crippen molar-refractivity contribution >= 4 is 5.97 Å². The first-order valence-corrected chi connectivity index (χ1v) is 9.02. The van der Waals surface area contributed by atoms with E-state index in [1.165, 1.54) is 47.2 Å². The number of fused-ring (bicyclic) bond motifs is 1. The van der Waals surface area contributed by atoms with Crippen molar-refractivity contribution in [2.24, 2.45) is 0 Å². The Labute approximate surface area is 143 Å². The van der Waals surface area contributed by atoms with Gasteiger partial charge in [-0.15, -0.1) is 0 Å². The van der Waals surface area contributed by atoms with Crippen molar-refractivity contribution in [3.63, 3.8) is 0 Å². The molecule has 0 aliphatic heterocycles. The molecule has 0 saturated heterocycles. The maximum absolute atomic E-state index is 10.9. The minimum atomic E-state index is -0.772. The predicted molar refractivity (Wildman–Crippen MR) is 94.5 cm³/mol. The van der Waals surface area contributed by atoms with Crippen LogP contribution in [-0.4, -0.2) is 20.9 Å². The zero-order valence-corrected chi connectivity index (χ0v) is 14.6. The molecule has 1 aromatic carbocycles. The van der Waals surface area contributed by atoms with Crippen LogP contribution in [0.1, 0.15) is 60.3 Å². The fourth-order valence-corrected chi connectivity index (χ4v) is 3.80. The summed E-state index contributed by atoms with van der Waals surface area (Å²) in [5, 5.41) is 13.6. The van der Waals surface area contributed by atoms with E-state index in [1.54, 1.807) is 0 Å². The number of hydrogen-bond donors (Lipinski definition) is 1. The normalized spacial score (nSPS) is 13.2. The van der Waals surface area contributed by atoms with Crippen LogP contribution in [0.4, 0.5) is 0 Å². The van der Waals surface area contributed by atoms with E-state index >= 15 is 0 Å². The Morgan fingerprint density at radius 3 is 2.71 bits per heavy atom. The first kappa shape index (κ1) is 16.7. The molecule has 24 heavy (non-hydrogen) atoms. The number of nitrogens with zero attached hydrogens (tertiary/aromatic N) is 2. The Morgan fingerprint density at radius 1 is 1.21 bits per heavy atom. The highest BCUT2D eigenvalue weighted by Gasteiger charge is 2.18. The molecule has 1 aromatic heterocycles. The van der Waals surface area contributed by atoms with E-state index < -0.39 is 5.97 Å². The van der Waals surface area contributed by atoms with Crippen molar-refractivity contribution in [3.05, 3.63) is 51.8 Å². The number of aliphatic carboxylic acids is 1. The maximum atomic E-state index is 10.9. The van der Waals surface area contributed by atoms with Crippen molar-refractivity contribution in [2.75, 3.05) is 0 Å². The summed E-state index contributed by atoms with van der Waals surface area (Å²) < 4.78 is 1.91. The summed E-state index contributed by atoms with van der Waals surface area (Å²) in [6.07, 6.45) is 6.46. The van der Waals surface area contributed by atoms with Crippen LogP contribution in [0.25, 0.3) is 0 Å². The van der Waals surface area contributed by atoms with E-state index in [0.717, 1.165) is 25.0 Å². The smallest absolute Gasteiger partial charge is 0.305 e. The molecule has 1 N–H and O–H groups in total. The van der Waals surface area contributed by atoms with Gasteiger partial charge in [0.25, 0.3) is 0 Å². The van der Waals surface area contributed by atoms with Crippen molar-refractivity contribution in [1.29, 1.82) is 0 Å². The lowest BCUT2D eigenvalue weighted by atomic mass is 9.97. The summed E-state index contributed by atoms with van der Waals surface area (Å²) in [4.78, 5) is 10.9. The van der Waals surface area contributed by atoms with Gasteiger partial charge in [0, 0.05) is 17.7 Å². The van der Waals surface area contributed by atoms with Crippen LogP contribution >= 0.6 is 0 Å². The molecule has 1 heterocycles. The third-order valence-corrected chi connectivity index (χ3v) is 5.00. The summed E-state index contributed by atoms with van der Waals surface area (Å²) in [6, 6.07) is 6.89. The van der Waals surface area contributed by atoms with Crippen molar-refractivity contribution in [3.8, 4) is 0 Å². The standard InChI is InChI=1S/C20H26N2O2/c1-3-18-17(19(4-2)22(21-18)11-10-20(23)24)13-14-8-9-15-6-5-7-16(15)12-14/h8-9,12H,3-7,10-11,13H2,1-2H3,(H,23,24). The molecular formula is C20H26N2O2. The fourth-order valence-electron chi connectivity index (χ4n) is 3.80. The summed E-state index contributed by atoms with van der Waals surface area (Å²) in [6.45, 7) is 4.70. The number of rotatable bonds is 7. The van der Waals surface area contributed by atoms with Crippen LogP contribution in [0.15, 0.2) is 18.2 Å². The van der Waals surface area contributed by atoms with E-state index in [4.69, 9.17) is 10.2 Å². The Bertz CT molecular complexity index is 746. The molecule has 0 atom stereocenters. The zero-order chi connectivity index (χ0) is 17.1. The molecule has 1 aliphatic carbocycles. The minimum absolute atomic E-state index is 0.121. The van der Waals surface area contributed by atoms with Gasteiger partial charge in [-0.2, -0.15) is 5.10 Å². The molecular weight excluding hydrogens is 300 g/mol. The summed E-state index contributed by atoms with van der Waals surface area (Å²) >= 11 is 0. The average Bonchev–Trinajstić information content (AvgIpc) is 3.16. The highest BCUT2D eigenvalue weighted by molar-refractivity contribution is 5.66. The average molecular weight is 326 g/mol. The first-order valence-electron chi connectivity index (χ1n) is 9.02. The van der Waals surface area contributed by atoms with Crippen LogP contribution in [0.3, 0.4) is 0 Å². The molecule has 128 valence electrons. The number of carboxylic acid groups (broad SMARTS) is 1. The van der Waals surface area contributed by atoms with E-state index in [-0.39, 0.29) is 6.42 Å². The maximum Gasteiger partial charge on any atom is 0.305 e. The van der Waals surface area contributed by atoms with Gasteiger partial charge in [0.1, 0.15) is 0 Å². The summed E-state index contributed by atoms with van der Waals surface area (Å²) in [7, 11) is 0. The van der Waals surface area contributed by atoms with E-state index in [2.05, 4.69) is 32.0 Å². The van der Waals surface area contributed by atoms with Gasteiger partial charge in [0.2, 0.25) is 0 Å². The van der Waals surface area contributed by atoms with E-state index in [9.17, 15) is 4.79 Å². The molecule has 0 amide bonds. The van der Waals surface area contributed by atoms with E-state index in [1.807, 2.05) is 4.68 Å². The number of aryl methyl sites for hydroxylation is 4. The Kier molecular flexibility index (Phi) is 5.03. The molecule has 0 bridgehead atoms. The first-order chi connectivity index (χ1) is 11.6. The Hall–Kier alpha value is -2.10. The molecule has 0 saturated carbocycles. The molecule has 1 aliphatic rings. The molecule has 0 radical (unpaired) electrons. The molecule has 4 heteroatoms. The second-order valence-electron chi connectivity index (χ2n) is 6.58. The third kappa shape index (κ3) is 3.37. The predicted octanol–water partition coefficient (Wildman–Crippen LogP) is 3.56. The van der Waals surface area contributed by atoms with Crippen LogP contribution in [-0.2, 0) is 43.4 Å². The lowest BCUT2D eigenvalue weighted by Crippen LogP contribution is -2.09. The van der Waals surface area contributed by atoms with Crippen molar-refractivity contribution in [1.82, 2.24) is 9.78 Å². The van der Waals surface area contributed by atoms with Gasteiger partial charge in [-0.05, 0) is 48.8 Å². The van der Waals surface area contributed by atoms with E-state index in [0.29, 0.717) is 6.54 Å². The van der Waals surface area contributed by atoms with Gasteiger partial charge in [0.15, 0.2) is 0 Å².